The average Bonchev–Trinajstić information content (AvgIpc) is 2.64. The van der Waals surface area contributed by atoms with E-state index in [1.54, 1.807) is 12.1 Å². The van der Waals surface area contributed by atoms with E-state index in [2.05, 4.69) is 16.3 Å². The molecule has 0 aliphatic carbocycles. The number of amides is 1. The number of hydrogen-bond acceptors (Lipinski definition) is 4. The van der Waals surface area contributed by atoms with Crippen LogP contribution in [0.4, 0.5) is 11.4 Å². The van der Waals surface area contributed by atoms with E-state index < -0.39 is 0 Å². The van der Waals surface area contributed by atoms with Crippen LogP contribution in [0.5, 0.6) is 0 Å². The number of rotatable bonds is 3. The van der Waals surface area contributed by atoms with E-state index in [1.165, 1.54) is 0 Å². The molecule has 2 N–H and O–H groups in total. The van der Waals surface area contributed by atoms with E-state index in [1.807, 2.05) is 38.1 Å². The Balaban J connectivity index is 1.80. The van der Waals surface area contributed by atoms with Crippen LogP contribution in [0.15, 0.2) is 36.4 Å². The maximum absolute atomic E-state index is 12.6. The Hall–Kier alpha value is -2.84. The highest BCUT2D eigenvalue weighted by atomic mass is 16.3. The first-order valence-corrected chi connectivity index (χ1v) is 8.84. The molecule has 26 heavy (non-hydrogen) atoms. The van der Waals surface area contributed by atoms with Gasteiger partial charge in [-0.05, 0) is 62.1 Å². The molecule has 1 aliphatic heterocycles. The minimum absolute atomic E-state index is 0.177. The number of carbonyl (C=O) groups excluding carboxylic acids is 1. The molecule has 2 aromatic carbocycles. The SMILES string of the molecule is Cc1cccc(C(=O)Nc2ccc(N3CCC(O)CC3)c(C#N)c2)c1C. The van der Waals surface area contributed by atoms with Gasteiger partial charge in [0.1, 0.15) is 6.07 Å². The van der Waals surface area contributed by atoms with Crippen molar-refractivity contribution in [3.8, 4) is 6.07 Å². The van der Waals surface area contributed by atoms with Gasteiger partial charge in [-0.25, -0.2) is 0 Å². The van der Waals surface area contributed by atoms with E-state index in [-0.39, 0.29) is 12.0 Å². The van der Waals surface area contributed by atoms with Crippen LogP contribution in [0, 0.1) is 25.2 Å². The van der Waals surface area contributed by atoms with Crippen molar-refractivity contribution in [2.75, 3.05) is 23.3 Å². The van der Waals surface area contributed by atoms with Gasteiger partial charge in [-0.15, -0.1) is 0 Å². The van der Waals surface area contributed by atoms with E-state index in [9.17, 15) is 15.2 Å². The summed E-state index contributed by atoms with van der Waals surface area (Å²) in [5, 5.41) is 22.1. The van der Waals surface area contributed by atoms with Gasteiger partial charge in [-0.3, -0.25) is 4.79 Å². The van der Waals surface area contributed by atoms with Crippen LogP contribution in [0.1, 0.15) is 39.9 Å². The predicted molar refractivity (Wildman–Crippen MR) is 102 cm³/mol. The molecule has 1 aliphatic rings. The Labute approximate surface area is 153 Å². The molecule has 1 fully saturated rings. The van der Waals surface area contributed by atoms with Crippen molar-refractivity contribution >= 4 is 17.3 Å². The van der Waals surface area contributed by atoms with Crippen molar-refractivity contribution < 1.29 is 9.90 Å². The molecule has 0 unspecified atom stereocenters. The van der Waals surface area contributed by atoms with Gasteiger partial charge < -0.3 is 15.3 Å². The zero-order valence-corrected chi connectivity index (χ0v) is 15.1. The van der Waals surface area contributed by atoms with Crippen LogP contribution in [-0.2, 0) is 0 Å². The number of aliphatic hydroxyl groups is 1. The standard InChI is InChI=1S/C21H23N3O2/c1-14-4-3-5-19(15(14)2)21(26)23-17-6-7-20(16(12-17)13-22)24-10-8-18(25)9-11-24/h3-7,12,18,25H,8-11H2,1-2H3,(H,23,26). The minimum atomic E-state index is -0.257. The molecular formula is C21H23N3O2. The lowest BCUT2D eigenvalue weighted by molar-refractivity contribution is 0.102. The molecule has 3 rings (SSSR count). The summed E-state index contributed by atoms with van der Waals surface area (Å²) in [5.74, 6) is -0.177. The summed E-state index contributed by atoms with van der Waals surface area (Å²) >= 11 is 0. The van der Waals surface area contributed by atoms with Crippen LogP contribution in [0.2, 0.25) is 0 Å². The van der Waals surface area contributed by atoms with Crippen LogP contribution in [-0.4, -0.2) is 30.2 Å². The largest absolute Gasteiger partial charge is 0.393 e. The van der Waals surface area contributed by atoms with Crippen LogP contribution in [0.25, 0.3) is 0 Å². The summed E-state index contributed by atoms with van der Waals surface area (Å²) in [6, 6.07) is 13.3. The first-order valence-electron chi connectivity index (χ1n) is 8.84. The second-order valence-corrected chi connectivity index (χ2v) is 6.76. The fourth-order valence-corrected chi connectivity index (χ4v) is 3.28. The normalized spacial score (nSPS) is 14.8. The van der Waals surface area contributed by atoms with Crippen molar-refractivity contribution in [2.45, 2.75) is 32.8 Å². The van der Waals surface area contributed by atoms with E-state index in [0.717, 1.165) is 29.9 Å². The zero-order chi connectivity index (χ0) is 18.7. The molecule has 0 radical (unpaired) electrons. The number of nitrogens with zero attached hydrogens (tertiary/aromatic N) is 2. The number of carbonyl (C=O) groups is 1. The lowest BCUT2D eigenvalue weighted by atomic mass is 10.0. The number of aliphatic hydroxyl groups excluding tert-OH is 1. The predicted octanol–water partition coefficient (Wildman–Crippen LogP) is 3.39. The van der Waals surface area contributed by atoms with Crippen molar-refractivity contribution in [2.24, 2.45) is 0 Å². The number of aryl methyl sites for hydroxylation is 1. The molecule has 2 aromatic rings. The minimum Gasteiger partial charge on any atom is -0.393 e. The van der Waals surface area contributed by atoms with E-state index in [4.69, 9.17) is 0 Å². The smallest absolute Gasteiger partial charge is 0.255 e. The Kier molecular flexibility index (Phi) is 5.24. The third-order valence-electron chi connectivity index (χ3n) is 5.03. The molecular weight excluding hydrogens is 326 g/mol. The molecule has 0 saturated carbocycles. The Morgan fingerprint density at radius 1 is 1.23 bits per heavy atom. The first kappa shape index (κ1) is 18.0. The average molecular weight is 349 g/mol. The van der Waals surface area contributed by atoms with Crippen LogP contribution in [0.3, 0.4) is 0 Å². The number of nitriles is 1. The summed E-state index contributed by atoms with van der Waals surface area (Å²) in [6.45, 7) is 5.36. The van der Waals surface area contributed by atoms with Crippen LogP contribution >= 0.6 is 0 Å². The molecule has 5 nitrogen and oxygen atoms in total. The summed E-state index contributed by atoms with van der Waals surface area (Å²) < 4.78 is 0. The Morgan fingerprint density at radius 2 is 1.96 bits per heavy atom. The van der Waals surface area contributed by atoms with E-state index in [0.29, 0.717) is 29.7 Å². The molecule has 0 atom stereocenters. The fraction of sp³-hybridized carbons (Fsp3) is 0.333. The second kappa shape index (κ2) is 7.59. The van der Waals surface area contributed by atoms with Crippen molar-refractivity contribution in [3.05, 3.63) is 58.7 Å². The van der Waals surface area contributed by atoms with Gasteiger partial charge in [-0.1, -0.05) is 12.1 Å². The first-order chi connectivity index (χ1) is 12.5. The third-order valence-corrected chi connectivity index (χ3v) is 5.03. The molecule has 134 valence electrons. The van der Waals surface area contributed by atoms with Gasteiger partial charge >= 0.3 is 0 Å². The lowest BCUT2D eigenvalue weighted by Gasteiger charge is -2.32. The highest BCUT2D eigenvalue weighted by molar-refractivity contribution is 6.05. The summed E-state index contributed by atoms with van der Waals surface area (Å²) in [5.41, 5.74) is 4.64. The fourth-order valence-electron chi connectivity index (χ4n) is 3.28. The molecule has 0 bridgehead atoms. The van der Waals surface area contributed by atoms with Crippen molar-refractivity contribution in [1.82, 2.24) is 0 Å². The molecule has 5 heteroatoms. The van der Waals surface area contributed by atoms with Gasteiger partial charge in [-0.2, -0.15) is 5.26 Å². The lowest BCUT2D eigenvalue weighted by Crippen LogP contribution is -2.36. The summed E-state index contributed by atoms with van der Waals surface area (Å²) in [7, 11) is 0. The summed E-state index contributed by atoms with van der Waals surface area (Å²) in [6.07, 6.45) is 1.15. The third kappa shape index (κ3) is 3.71. The van der Waals surface area contributed by atoms with E-state index >= 15 is 0 Å². The second-order valence-electron chi connectivity index (χ2n) is 6.76. The van der Waals surface area contributed by atoms with Crippen LogP contribution < -0.4 is 10.2 Å². The Morgan fingerprint density at radius 3 is 2.65 bits per heavy atom. The molecule has 1 saturated heterocycles. The van der Waals surface area contributed by atoms with Crippen molar-refractivity contribution in [1.29, 1.82) is 5.26 Å². The highest BCUT2D eigenvalue weighted by Gasteiger charge is 2.20. The highest BCUT2D eigenvalue weighted by Crippen LogP contribution is 2.27. The van der Waals surface area contributed by atoms with Gasteiger partial charge in [0.05, 0.1) is 17.4 Å². The van der Waals surface area contributed by atoms with Gasteiger partial charge in [0.2, 0.25) is 0 Å². The molecule has 0 spiro atoms. The van der Waals surface area contributed by atoms with Gasteiger partial charge in [0.25, 0.3) is 5.91 Å². The number of nitrogens with one attached hydrogen (secondary N) is 1. The molecule has 1 heterocycles. The maximum Gasteiger partial charge on any atom is 0.255 e. The zero-order valence-electron chi connectivity index (χ0n) is 15.1. The topological polar surface area (TPSA) is 76.4 Å². The molecule has 1 amide bonds. The number of hydrogen-bond donors (Lipinski definition) is 2. The maximum atomic E-state index is 12.6. The summed E-state index contributed by atoms with van der Waals surface area (Å²) in [4.78, 5) is 14.7. The Bertz CT molecular complexity index is 862. The number of benzene rings is 2. The quantitative estimate of drug-likeness (QED) is 0.890. The van der Waals surface area contributed by atoms with Gasteiger partial charge in [0, 0.05) is 24.3 Å². The molecule has 0 aromatic heterocycles. The van der Waals surface area contributed by atoms with Gasteiger partial charge in [0.15, 0.2) is 0 Å². The number of anilines is 2. The van der Waals surface area contributed by atoms with Crippen molar-refractivity contribution in [3.63, 3.8) is 0 Å². The monoisotopic (exact) mass is 349 g/mol. The number of piperidine rings is 1.